The number of carbonyl (C=O) groups is 1. The zero-order valence-electron chi connectivity index (χ0n) is 3.18. The van der Waals surface area contributed by atoms with Crippen LogP contribution in [0.5, 0.6) is 0 Å². The van der Waals surface area contributed by atoms with Gasteiger partial charge >= 0.3 is 0 Å². The normalized spacial score (nSPS) is 4.71. The first-order valence-electron chi connectivity index (χ1n) is 0.947. The Kier molecular flexibility index (Phi) is 20.9. The second-order valence-electron chi connectivity index (χ2n) is 0.432. The highest BCUT2D eigenvalue weighted by molar-refractivity contribution is 5.60. The molecule has 4 nitrogen and oxygen atoms in total. The van der Waals surface area contributed by atoms with Crippen molar-refractivity contribution in [1.82, 2.24) is 5.43 Å². The van der Waals surface area contributed by atoms with E-state index in [0.717, 1.165) is 0 Å². The van der Waals surface area contributed by atoms with Gasteiger partial charge in [0.15, 0.2) is 0 Å². The Morgan fingerprint density at radius 1 is 1.71 bits per heavy atom. The first-order chi connectivity index (χ1) is 2.27. The third-order valence-corrected chi connectivity index (χ3v) is 0.118. The molecule has 0 spiro atoms. The lowest BCUT2D eigenvalue weighted by molar-refractivity contribution is -0.250. The van der Waals surface area contributed by atoms with Gasteiger partial charge in [-0.3, -0.25) is 4.70 Å². The van der Waals surface area contributed by atoms with Gasteiger partial charge in [-0.2, -0.15) is 0 Å². The van der Waals surface area contributed by atoms with Crippen molar-refractivity contribution in [3.05, 3.63) is 0 Å². The SMILES string of the molecule is F.NNC(=O)[O-].[Br-]. The number of amides is 1. The van der Waals surface area contributed by atoms with E-state index < -0.39 is 6.09 Å². The van der Waals surface area contributed by atoms with E-state index >= 15 is 0 Å². The molecule has 0 aliphatic carbocycles. The summed E-state index contributed by atoms with van der Waals surface area (Å²) in [7, 11) is 0. The smallest absolute Gasteiger partial charge is 0.149 e. The first-order valence-corrected chi connectivity index (χ1v) is 0.947. The summed E-state index contributed by atoms with van der Waals surface area (Å²) in [5, 5.41) is 9.02. The maximum absolute atomic E-state index is 9.02. The number of hydrogen-bond donors (Lipinski definition) is 2. The van der Waals surface area contributed by atoms with Crippen LogP contribution in [0.1, 0.15) is 0 Å². The summed E-state index contributed by atoms with van der Waals surface area (Å²) in [5.41, 5.74) is 1.33. The molecule has 3 N–H and O–H groups in total. The van der Waals surface area contributed by atoms with E-state index in [4.69, 9.17) is 9.90 Å². The molecule has 1 amide bonds. The zero-order valence-corrected chi connectivity index (χ0v) is 4.77. The minimum atomic E-state index is -1.47. The largest absolute Gasteiger partial charge is 1.00 e. The quantitative estimate of drug-likeness (QED) is 0.219. The number of carbonyl (C=O) groups excluding carboxylic acids is 1. The van der Waals surface area contributed by atoms with Crippen LogP contribution in [0.2, 0.25) is 0 Å². The Morgan fingerprint density at radius 3 is 1.86 bits per heavy atom. The van der Waals surface area contributed by atoms with Crippen molar-refractivity contribution in [2.24, 2.45) is 5.84 Å². The molecule has 0 radical (unpaired) electrons. The Morgan fingerprint density at radius 2 is 1.86 bits per heavy atom. The van der Waals surface area contributed by atoms with Crippen LogP contribution >= 0.6 is 0 Å². The standard InChI is InChI=1S/CH4N2O2.BrH.FH/c2-3-1(4)5;;/h3H,2H2,(H,4,5);2*1H/p-2. The lowest BCUT2D eigenvalue weighted by Crippen LogP contribution is -3.00. The lowest BCUT2D eigenvalue weighted by Gasteiger charge is -1.92. The molecule has 46 valence electrons. The maximum atomic E-state index is 9.02. The van der Waals surface area contributed by atoms with Gasteiger partial charge in [0.05, 0.1) is 0 Å². The van der Waals surface area contributed by atoms with Gasteiger partial charge in [0.1, 0.15) is 6.09 Å². The number of hydrogen-bond acceptors (Lipinski definition) is 3. The molecular weight excluding hydrogens is 171 g/mol. The summed E-state index contributed by atoms with van der Waals surface area (Å²) in [5.74, 6) is 4.26. The van der Waals surface area contributed by atoms with E-state index in [9.17, 15) is 0 Å². The second kappa shape index (κ2) is 9.16. The van der Waals surface area contributed by atoms with Gasteiger partial charge in [0.2, 0.25) is 0 Å². The molecule has 0 aliphatic heterocycles. The number of halogens is 2. The second-order valence-corrected chi connectivity index (χ2v) is 0.432. The van der Waals surface area contributed by atoms with E-state index in [0.29, 0.717) is 0 Å². The molecule has 7 heavy (non-hydrogen) atoms. The van der Waals surface area contributed by atoms with E-state index in [1.165, 1.54) is 5.43 Å². The molecule has 0 bridgehead atoms. The number of nitrogens with one attached hydrogen (secondary N) is 1. The molecule has 0 fully saturated rings. The fourth-order valence-electron chi connectivity index (χ4n) is 0. The van der Waals surface area contributed by atoms with Gasteiger partial charge in [0, 0.05) is 0 Å². The van der Waals surface area contributed by atoms with Gasteiger partial charge in [0.25, 0.3) is 0 Å². The lowest BCUT2D eigenvalue weighted by atomic mass is 11.3. The van der Waals surface area contributed by atoms with E-state index in [-0.39, 0.29) is 21.7 Å². The third kappa shape index (κ3) is 27.8. The Balaban J connectivity index is -0.0000000800. The van der Waals surface area contributed by atoms with Crippen molar-refractivity contribution in [3.63, 3.8) is 0 Å². The highest BCUT2D eigenvalue weighted by atomic mass is 79.9. The van der Waals surface area contributed by atoms with Gasteiger partial charge in [-0.15, -0.1) is 0 Å². The number of hydrazine groups is 1. The molecule has 0 atom stereocenters. The summed E-state index contributed by atoms with van der Waals surface area (Å²) in [6.07, 6.45) is -1.47. The van der Waals surface area contributed by atoms with Gasteiger partial charge in [-0.25, -0.2) is 5.84 Å². The predicted molar refractivity (Wildman–Crippen MR) is 15.2 cm³/mol. The number of rotatable bonds is 0. The molecule has 6 heteroatoms. The number of nitrogens with two attached hydrogens (primary N) is 1. The average Bonchev–Trinajstić information content (AvgIpc) is 1.38. The van der Waals surface area contributed by atoms with E-state index in [2.05, 4.69) is 5.84 Å². The van der Waals surface area contributed by atoms with Gasteiger partial charge in [-0.05, 0) is 0 Å². The van der Waals surface area contributed by atoms with Crippen LogP contribution in [0.3, 0.4) is 0 Å². The van der Waals surface area contributed by atoms with Crippen LogP contribution in [0.25, 0.3) is 0 Å². The molecule has 0 heterocycles. The van der Waals surface area contributed by atoms with Crippen molar-refractivity contribution >= 4 is 6.09 Å². The Labute approximate surface area is 49.8 Å². The first kappa shape index (κ1) is 15.9. The van der Waals surface area contributed by atoms with Crippen LogP contribution in [-0.4, -0.2) is 6.09 Å². The number of carboxylic acid groups (broad SMARTS) is 1. The topological polar surface area (TPSA) is 78.2 Å². The summed E-state index contributed by atoms with van der Waals surface area (Å²) in [4.78, 5) is 9.02. The summed E-state index contributed by atoms with van der Waals surface area (Å²) in [6, 6.07) is 0. The molecule has 0 unspecified atom stereocenters. The molecule has 0 aromatic rings. The van der Waals surface area contributed by atoms with Crippen molar-refractivity contribution in [2.45, 2.75) is 0 Å². The molecule has 0 saturated carbocycles. The molecule has 0 aliphatic rings. The van der Waals surface area contributed by atoms with Crippen molar-refractivity contribution in [3.8, 4) is 0 Å². The fraction of sp³-hybridized carbons (Fsp3) is 0. The monoisotopic (exact) mass is 174 g/mol. The van der Waals surface area contributed by atoms with Crippen molar-refractivity contribution in [1.29, 1.82) is 0 Å². The minimum Gasteiger partial charge on any atom is -1.00 e. The van der Waals surface area contributed by atoms with Gasteiger partial charge in [-0.1, -0.05) is 0 Å². The fourth-order valence-corrected chi connectivity index (χ4v) is 0. The van der Waals surface area contributed by atoms with E-state index in [1.807, 2.05) is 0 Å². The molecule has 0 aromatic carbocycles. The predicted octanol–water partition coefficient (Wildman–Crippen LogP) is -5.05. The van der Waals surface area contributed by atoms with Crippen LogP contribution in [-0.2, 0) is 0 Å². The van der Waals surface area contributed by atoms with Crippen LogP contribution in [0.4, 0.5) is 9.50 Å². The van der Waals surface area contributed by atoms with Crippen LogP contribution in [0.15, 0.2) is 0 Å². The highest BCUT2D eigenvalue weighted by Gasteiger charge is 1.59. The van der Waals surface area contributed by atoms with Crippen molar-refractivity contribution < 1.29 is 31.6 Å². The van der Waals surface area contributed by atoms with E-state index in [1.54, 1.807) is 0 Å². The highest BCUT2D eigenvalue weighted by Crippen LogP contribution is 1.32. The Hall–Kier alpha value is -0.360. The average molecular weight is 175 g/mol. The van der Waals surface area contributed by atoms with Crippen LogP contribution in [0, 0.1) is 0 Å². The zero-order chi connectivity index (χ0) is 4.28. The summed E-state index contributed by atoms with van der Waals surface area (Å²) in [6.45, 7) is 0. The molecule has 0 rings (SSSR count). The Bertz CT molecular complexity index is 51.0. The summed E-state index contributed by atoms with van der Waals surface area (Å²) >= 11 is 0. The van der Waals surface area contributed by atoms with Gasteiger partial charge < -0.3 is 32.3 Å². The summed E-state index contributed by atoms with van der Waals surface area (Å²) < 4.78 is 0. The van der Waals surface area contributed by atoms with Crippen LogP contribution < -0.4 is 33.4 Å². The molecule has 0 saturated heterocycles. The molecule has 0 aromatic heterocycles. The minimum absolute atomic E-state index is 0. The molecular formula is CH4BrFN2O2-2. The van der Waals surface area contributed by atoms with Crippen molar-refractivity contribution in [2.75, 3.05) is 0 Å². The third-order valence-electron chi connectivity index (χ3n) is 0.118. The maximum Gasteiger partial charge on any atom is 0.149 e.